The summed E-state index contributed by atoms with van der Waals surface area (Å²) < 4.78 is -0.314. The number of aliphatic carboxylic acids is 1. The van der Waals surface area contributed by atoms with Gasteiger partial charge in [-0.3, -0.25) is 4.79 Å². The van der Waals surface area contributed by atoms with Crippen LogP contribution in [0.3, 0.4) is 0 Å². The lowest BCUT2D eigenvalue weighted by Gasteiger charge is -2.31. The molecule has 1 aromatic rings. The molecule has 8 heteroatoms. The molecule has 0 saturated carbocycles. The van der Waals surface area contributed by atoms with E-state index >= 15 is 0 Å². The summed E-state index contributed by atoms with van der Waals surface area (Å²) in [6.07, 6.45) is 0. The standard InChI is InChI=1S/C17H25N3O3S2/c1-17(2,25-16(24)18-10-11-20(3)4)13(15(22)23)19-14(21)12-8-6-5-7-9-12/h5-9,13H,10-11H2,1-4H3,(H,18,24)(H,19,21)(H,22,23)/t13-/m1/s1. The van der Waals surface area contributed by atoms with Gasteiger partial charge in [-0.05, 0) is 40.1 Å². The highest BCUT2D eigenvalue weighted by Crippen LogP contribution is 2.29. The first kappa shape index (κ1) is 21.4. The maximum Gasteiger partial charge on any atom is 0.327 e. The van der Waals surface area contributed by atoms with Gasteiger partial charge in [0, 0.05) is 23.4 Å². The molecule has 1 rings (SSSR count). The van der Waals surface area contributed by atoms with Crippen molar-refractivity contribution in [3.63, 3.8) is 0 Å². The Balaban J connectivity index is 2.73. The SMILES string of the molecule is CN(C)CCNC(=S)SC(C)(C)[C@H](NC(=O)c1ccccc1)C(=O)O. The molecular formula is C17H25N3O3S2. The number of carbonyl (C=O) groups is 2. The number of benzene rings is 1. The Bertz CT molecular complexity index is 606. The number of carboxylic acid groups (broad SMARTS) is 1. The van der Waals surface area contributed by atoms with Gasteiger partial charge in [-0.25, -0.2) is 4.79 Å². The third kappa shape index (κ3) is 7.41. The molecule has 0 heterocycles. The maximum absolute atomic E-state index is 12.3. The van der Waals surface area contributed by atoms with Crippen molar-refractivity contribution in [2.45, 2.75) is 24.6 Å². The Labute approximate surface area is 158 Å². The number of nitrogens with zero attached hydrogens (tertiary/aromatic N) is 1. The van der Waals surface area contributed by atoms with E-state index in [9.17, 15) is 14.7 Å². The number of thiocarbonyl (C=S) groups is 1. The smallest absolute Gasteiger partial charge is 0.327 e. The van der Waals surface area contributed by atoms with Gasteiger partial charge in [0.2, 0.25) is 0 Å². The van der Waals surface area contributed by atoms with Crippen LogP contribution in [0.5, 0.6) is 0 Å². The lowest BCUT2D eigenvalue weighted by atomic mass is 10.0. The first-order valence-corrected chi connectivity index (χ1v) is 9.06. The van der Waals surface area contributed by atoms with Gasteiger partial charge in [0.15, 0.2) is 0 Å². The molecule has 1 aromatic carbocycles. The van der Waals surface area contributed by atoms with Crippen LogP contribution in [-0.2, 0) is 4.79 Å². The van der Waals surface area contributed by atoms with Gasteiger partial charge >= 0.3 is 5.97 Å². The van der Waals surface area contributed by atoms with Gasteiger partial charge in [-0.1, -0.05) is 42.2 Å². The number of nitrogens with one attached hydrogen (secondary N) is 2. The molecular weight excluding hydrogens is 358 g/mol. The second kappa shape index (κ2) is 9.74. The molecule has 0 aliphatic carbocycles. The van der Waals surface area contributed by atoms with Gasteiger partial charge in [0.05, 0.1) is 0 Å². The minimum atomic E-state index is -1.10. The van der Waals surface area contributed by atoms with Crippen LogP contribution < -0.4 is 10.6 Å². The molecule has 0 saturated heterocycles. The second-order valence-corrected chi connectivity index (χ2v) is 8.66. The monoisotopic (exact) mass is 383 g/mol. The molecule has 0 unspecified atom stereocenters. The summed E-state index contributed by atoms with van der Waals surface area (Å²) in [5.41, 5.74) is 0.418. The van der Waals surface area contributed by atoms with E-state index in [2.05, 4.69) is 10.6 Å². The van der Waals surface area contributed by atoms with E-state index in [1.54, 1.807) is 44.2 Å². The highest BCUT2D eigenvalue weighted by molar-refractivity contribution is 8.23. The highest BCUT2D eigenvalue weighted by Gasteiger charge is 2.38. The van der Waals surface area contributed by atoms with Crippen molar-refractivity contribution in [3.05, 3.63) is 35.9 Å². The van der Waals surface area contributed by atoms with E-state index in [-0.39, 0.29) is 0 Å². The number of thioether (sulfide) groups is 1. The molecule has 0 fully saturated rings. The van der Waals surface area contributed by atoms with E-state index < -0.39 is 22.7 Å². The third-order valence-corrected chi connectivity index (χ3v) is 4.92. The number of carboxylic acids is 1. The predicted molar refractivity (Wildman–Crippen MR) is 106 cm³/mol. The summed E-state index contributed by atoms with van der Waals surface area (Å²) in [5.74, 6) is -1.52. The summed E-state index contributed by atoms with van der Waals surface area (Å²) in [5, 5.41) is 15.3. The molecule has 0 radical (unpaired) electrons. The molecule has 0 aliphatic heterocycles. The maximum atomic E-state index is 12.3. The van der Waals surface area contributed by atoms with Crippen LogP contribution in [0, 0.1) is 0 Å². The second-order valence-electron chi connectivity index (χ2n) is 6.33. The molecule has 1 atom stereocenters. The zero-order valence-electron chi connectivity index (χ0n) is 14.9. The summed E-state index contributed by atoms with van der Waals surface area (Å²) in [4.78, 5) is 26.0. The van der Waals surface area contributed by atoms with Crippen LogP contribution in [0.15, 0.2) is 30.3 Å². The number of likely N-dealkylation sites (N-methyl/N-ethyl adjacent to an activating group) is 1. The highest BCUT2D eigenvalue weighted by atomic mass is 32.2. The van der Waals surface area contributed by atoms with Crippen LogP contribution in [-0.4, -0.2) is 64.2 Å². The fraction of sp³-hybridized carbons (Fsp3) is 0.471. The van der Waals surface area contributed by atoms with Crippen molar-refractivity contribution in [3.8, 4) is 0 Å². The topological polar surface area (TPSA) is 81.7 Å². The summed E-state index contributed by atoms with van der Waals surface area (Å²) in [7, 11) is 3.92. The van der Waals surface area contributed by atoms with Crippen LogP contribution in [0.2, 0.25) is 0 Å². The molecule has 0 aliphatic rings. The van der Waals surface area contributed by atoms with E-state index in [4.69, 9.17) is 12.2 Å². The van der Waals surface area contributed by atoms with E-state index in [0.29, 0.717) is 16.4 Å². The molecule has 0 bridgehead atoms. The molecule has 1 amide bonds. The first-order valence-electron chi connectivity index (χ1n) is 7.84. The normalized spacial score (nSPS) is 12.5. The predicted octanol–water partition coefficient (Wildman–Crippen LogP) is 1.82. The Morgan fingerprint density at radius 1 is 1.28 bits per heavy atom. The van der Waals surface area contributed by atoms with Crippen molar-refractivity contribution in [1.29, 1.82) is 0 Å². The lowest BCUT2D eigenvalue weighted by Crippen LogP contribution is -2.53. The van der Waals surface area contributed by atoms with E-state index in [1.807, 2.05) is 19.0 Å². The molecule has 25 heavy (non-hydrogen) atoms. The van der Waals surface area contributed by atoms with Crippen molar-refractivity contribution in [2.75, 3.05) is 27.2 Å². The van der Waals surface area contributed by atoms with Gasteiger partial charge in [-0.15, -0.1) is 0 Å². The van der Waals surface area contributed by atoms with Crippen molar-refractivity contribution < 1.29 is 14.7 Å². The molecule has 0 aromatic heterocycles. The fourth-order valence-electron chi connectivity index (χ4n) is 2.05. The van der Waals surface area contributed by atoms with Crippen LogP contribution >= 0.6 is 24.0 Å². The van der Waals surface area contributed by atoms with Gasteiger partial charge < -0.3 is 20.6 Å². The summed E-state index contributed by atoms with van der Waals surface area (Å²) >= 11 is 6.53. The van der Waals surface area contributed by atoms with Gasteiger partial charge in [-0.2, -0.15) is 0 Å². The minimum absolute atomic E-state index is 0.418. The van der Waals surface area contributed by atoms with Crippen LogP contribution in [0.4, 0.5) is 0 Å². The number of amides is 1. The molecule has 6 nitrogen and oxygen atoms in total. The lowest BCUT2D eigenvalue weighted by molar-refractivity contribution is -0.139. The first-order chi connectivity index (χ1) is 11.6. The Morgan fingerprint density at radius 2 is 1.88 bits per heavy atom. The largest absolute Gasteiger partial charge is 0.480 e. The van der Waals surface area contributed by atoms with Gasteiger partial charge in [0.1, 0.15) is 10.4 Å². The summed E-state index contributed by atoms with van der Waals surface area (Å²) in [6, 6.07) is 7.45. The Morgan fingerprint density at radius 3 is 2.40 bits per heavy atom. The molecule has 0 spiro atoms. The minimum Gasteiger partial charge on any atom is -0.480 e. The summed E-state index contributed by atoms with van der Waals surface area (Å²) in [6.45, 7) is 4.99. The quantitative estimate of drug-likeness (QED) is 0.591. The average Bonchev–Trinajstić information content (AvgIpc) is 2.51. The Hall–Kier alpha value is -1.64. The fourth-order valence-corrected chi connectivity index (χ4v) is 3.73. The van der Waals surface area contributed by atoms with Crippen molar-refractivity contribution in [2.24, 2.45) is 0 Å². The third-order valence-electron chi connectivity index (χ3n) is 3.44. The van der Waals surface area contributed by atoms with Crippen molar-refractivity contribution in [1.82, 2.24) is 15.5 Å². The van der Waals surface area contributed by atoms with Crippen LogP contribution in [0.1, 0.15) is 24.2 Å². The van der Waals surface area contributed by atoms with Crippen molar-refractivity contribution >= 4 is 40.2 Å². The molecule has 3 N–H and O–H groups in total. The van der Waals surface area contributed by atoms with Gasteiger partial charge in [0.25, 0.3) is 5.91 Å². The average molecular weight is 384 g/mol. The number of hydrogen-bond donors (Lipinski definition) is 3. The number of rotatable bonds is 8. The van der Waals surface area contributed by atoms with E-state index in [1.165, 1.54) is 11.8 Å². The molecule has 138 valence electrons. The zero-order chi connectivity index (χ0) is 19.0. The number of hydrogen-bond acceptors (Lipinski definition) is 5. The van der Waals surface area contributed by atoms with Crippen LogP contribution in [0.25, 0.3) is 0 Å². The zero-order valence-corrected chi connectivity index (χ0v) is 16.5. The number of carbonyl (C=O) groups excluding carboxylic acids is 1. The van der Waals surface area contributed by atoms with E-state index in [0.717, 1.165) is 6.54 Å². The Kier molecular flexibility index (Phi) is 8.34.